The van der Waals surface area contributed by atoms with Gasteiger partial charge in [0, 0.05) is 0 Å². The second-order valence-corrected chi connectivity index (χ2v) is 7.41. The molecule has 7 nitrogen and oxygen atoms in total. The number of phenolic OH excluding ortho intramolecular Hbond substituents is 1. The maximum absolute atomic E-state index is 13.4. The summed E-state index contributed by atoms with van der Waals surface area (Å²) in [7, 11) is 1.39. The van der Waals surface area contributed by atoms with Crippen LogP contribution in [-0.2, 0) is 0 Å². The van der Waals surface area contributed by atoms with Crippen molar-refractivity contribution in [3.05, 3.63) is 46.3 Å². The fourth-order valence-electron chi connectivity index (χ4n) is 3.62. The fourth-order valence-corrected chi connectivity index (χ4v) is 3.62. The van der Waals surface area contributed by atoms with Crippen molar-refractivity contribution >= 4 is 17.0 Å². The molecule has 0 unspecified atom stereocenters. The van der Waals surface area contributed by atoms with Gasteiger partial charge >= 0.3 is 0 Å². The van der Waals surface area contributed by atoms with Crippen LogP contribution in [0.4, 0.5) is 0 Å². The van der Waals surface area contributed by atoms with Crippen LogP contribution in [0, 0.1) is 0 Å². The molecule has 0 aliphatic carbocycles. The van der Waals surface area contributed by atoms with Crippen molar-refractivity contribution in [2.75, 3.05) is 13.9 Å². The van der Waals surface area contributed by atoms with E-state index in [4.69, 9.17) is 23.4 Å². The Labute approximate surface area is 165 Å². The van der Waals surface area contributed by atoms with Crippen LogP contribution in [0.25, 0.3) is 28.2 Å². The van der Waals surface area contributed by atoms with E-state index in [-0.39, 0.29) is 40.4 Å². The highest BCUT2D eigenvalue weighted by molar-refractivity contribution is 5.98. The number of ether oxygens (including phenoxy) is 4. The monoisotopic (exact) mass is 394 g/mol. The molecule has 2 aliphatic rings. The van der Waals surface area contributed by atoms with E-state index in [1.807, 2.05) is 19.9 Å². The third kappa shape index (κ3) is 2.54. The summed E-state index contributed by atoms with van der Waals surface area (Å²) in [6.07, 6.45) is 5.02. The van der Waals surface area contributed by atoms with Crippen LogP contribution in [0.1, 0.15) is 19.4 Å². The second kappa shape index (κ2) is 5.94. The molecule has 2 aromatic carbocycles. The molecule has 2 aliphatic heterocycles. The van der Waals surface area contributed by atoms with Crippen molar-refractivity contribution in [3.8, 4) is 39.9 Å². The van der Waals surface area contributed by atoms with Gasteiger partial charge in [0.05, 0.1) is 18.2 Å². The summed E-state index contributed by atoms with van der Waals surface area (Å²) in [6.45, 7) is 3.87. The van der Waals surface area contributed by atoms with E-state index in [0.29, 0.717) is 28.2 Å². The van der Waals surface area contributed by atoms with Gasteiger partial charge in [-0.3, -0.25) is 4.79 Å². The van der Waals surface area contributed by atoms with Crippen LogP contribution < -0.4 is 24.4 Å². The Hall–Kier alpha value is -3.61. The zero-order chi connectivity index (χ0) is 20.3. The molecule has 5 rings (SSSR count). The van der Waals surface area contributed by atoms with Gasteiger partial charge in [-0.2, -0.15) is 0 Å². The van der Waals surface area contributed by atoms with Crippen molar-refractivity contribution in [3.63, 3.8) is 0 Å². The molecule has 7 heteroatoms. The Bertz CT molecular complexity index is 1250. The topological polar surface area (TPSA) is 87.4 Å². The molecule has 29 heavy (non-hydrogen) atoms. The molecule has 0 atom stereocenters. The Balaban J connectivity index is 1.79. The van der Waals surface area contributed by atoms with E-state index >= 15 is 0 Å². The first kappa shape index (κ1) is 17.5. The lowest BCUT2D eigenvalue weighted by molar-refractivity contribution is 0.151. The van der Waals surface area contributed by atoms with E-state index in [0.717, 1.165) is 0 Å². The molecule has 3 aromatic rings. The summed E-state index contributed by atoms with van der Waals surface area (Å²) in [5.74, 6) is 1.18. The summed E-state index contributed by atoms with van der Waals surface area (Å²) in [4.78, 5) is 13.4. The quantitative estimate of drug-likeness (QED) is 0.700. The summed E-state index contributed by atoms with van der Waals surface area (Å²) in [6, 6.07) is 5.21. The van der Waals surface area contributed by atoms with Crippen LogP contribution in [0.15, 0.2) is 39.7 Å². The number of methoxy groups -OCH3 is 1. The third-order valence-electron chi connectivity index (χ3n) is 5.04. The number of fused-ring (bicyclic) bond motifs is 4. The van der Waals surface area contributed by atoms with Gasteiger partial charge in [-0.25, -0.2) is 0 Å². The largest absolute Gasteiger partial charge is 0.502 e. The molecule has 3 heterocycles. The Morgan fingerprint density at radius 3 is 2.76 bits per heavy atom. The maximum Gasteiger partial charge on any atom is 0.231 e. The SMILES string of the molecule is COc1c(O)c2c(c3occ(-c4ccc5c(c4)OCO5)c(=O)c13)C=CC(C)(C)O2. The molecule has 0 bridgehead atoms. The van der Waals surface area contributed by atoms with Crippen LogP contribution in [0.2, 0.25) is 0 Å². The molecule has 0 saturated heterocycles. The van der Waals surface area contributed by atoms with Gasteiger partial charge < -0.3 is 28.5 Å². The normalized spacial score (nSPS) is 15.8. The first-order valence-corrected chi connectivity index (χ1v) is 9.06. The van der Waals surface area contributed by atoms with Crippen molar-refractivity contribution in [2.24, 2.45) is 0 Å². The molecule has 1 N–H and O–H groups in total. The summed E-state index contributed by atoms with van der Waals surface area (Å²) < 4.78 is 27.9. The van der Waals surface area contributed by atoms with Crippen LogP contribution in [0.3, 0.4) is 0 Å². The van der Waals surface area contributed by atoms with Crippen molar-refractivity contribution < 1.29 is 28.5 Å². The number of hydrogen-bond donors (Lipinski definition) is 1. The average Bonchev–Trinajstić information content (AvgIpc) is 3.16. The average molecular weight is 394 g/mol. The van der Waals surface area contributed by atoms with Gasteiger partial charge in [0.2, 0.25) is 18.0 Å². The van der Waals surface area contributed by atoms with Gasteiger partial charge in [0.15, 0.2) is 28.6 Å². The van der Waals surface area contributed by atoms with E-state index < -0.39 is 5.60 Å². The Morgan fingerprint density at radius 1 is 1.17 bits per heavy atom. The van der Waals surface area contributed by atoms with Gasteiger partial charge in [0.1, 0.15) is 17.3 Å². The molecule has 0 saturated carbocycles. The predicted molar refractivity (Wildman–Crippen MR) is 106 cm³/mol. The lowest BCUT2D eigenvalue weighted by Crippen LogP contribution is -2.27. The summed E-state index contributed by atoms with van der Waals surface area (Å²) in [5, 5.41) is 10.9. The van der Waals surface area contributed by atoms with Crippen molar-refractivity contribution in [1.29, 1.82) is 0 Å². The molecule has 1 aromatic heterocycles. The predicted octanol–water partition coefficient (Wildman–Crippen LogP) is 4.09. The number of aromatic hydroxyl groups is 1. The highest BCUT2D eigenvalue weighted by atomic mass is 16.7. The minimum absolute atomic E-state index is 0.0150. The summed E-state index contributed by atoms with van der Waals surface area (Å²) >= 11 is 0. The molecular weight excluding hydrogens is 376 g/mol. The van der Waals surface area contributed by atoms with Crippen molar-refractivity contribution in [1.82, 2.24) is 0 Å². The third-order valence-corrected chi connectivity index (χ3v) is 5.04. The first-order valence-electron chi connectivity index (χ1n) is 9.06. The Kier molecular flexibility index (Phi) is 3.58. The Morgan fingerprint density at radius 2 is 1.97 bits per heavy atom. The van der Waals surface area contributed by atoms with Crippen molar-refractivity contribution in [2.45, 2.75) is 19.4 Å². The highest BCUT2D eigenvalue weighted by Gasteiger charge is 2.31. The maximum atomic E-state index is 13.4. The first-order chi connectivity index (χ1) is 13.9. The second-order valence-electron chi connectivity index (χ2n) is 7.41. The summed E-state index contributed by atoms with van der Waals surface area (Å²) in [5.41, 5.74) is 0.753. The molecule has 0 amide bonds. The number of phenols is 1. The molecule has 0 spiro atoms. The van der Waals surface area contributed by atoms with E-state index in [9.17, 15) is 9.90 Å². The van der Waals surface area contributed by atoms with Crippen LogP contribution in [0.5, 0.6) is 28.7 Å². The molecule has 148 valence electrons. The minimum atomic E-state index is -0.615. The van der Waals surface area contributed by atoms with Crippen LogP contribution >= 0.6 is 0 Å². The van der Waals surface area contributed by atoms with E-state index in [2.05, 4.69) is 0 Å². The fraction of sp³-hybridized carbons (Fsp3) is 0.227. The number of benzene rings is 2. The van der Waals surface area contributed by atoms with Gasteiger partial charge in [-0.05, 0) is 43.7 Å². The number of hydrogen-bond acceptors (Lipinski definition) is 7. The van der Waals surface area contributed by atoms with Crippen LogP contribution in [-0.4, -0.2) is 24.6 Å². The lowest BCUT2D eigenvalue weighted by Gasteiger charge is -2.29. The molecular formula is C22H18O7. The minimum Gasteiger partial charge on any atom is -0.502 e. The lowest BCUT2D eigenvalue weighted by atomic mass is 9.97. The van der Waals surface area contributed by atoms with Gasteiger partial charge in [0.25, 0.3) is 0 Å². The van der Waals surface area contributed by atoms with E-state index in [1.54, 1.807) is 24.3 Å². The molecule has 0 radical (unpaired) electrons. The zero-order valence-electron chi connectivity index (χ0n) is 16.1. The zero-order valence-corrected chi connectivity index (χ0v) is 16.1. The molecule has 0 fully saturated rings. The highest BCUT2D eigenvalue weighted by Crippen LogP contribution is 2.49. The van der Waals surface area contributed by atoms with Gasteiger partial charge in [-0.1, -0.05) is 6.07 Å². The standard InChI is InChI=1S/C22H18O7/c1-22(2)7-6-12-19-16(21(25-3)18(24)20(12)29-22)17(23)13(9-26-19)11-4-5-14-15(8-11)28-10-27-14/h4-9,24H,10H2,1-3H3. The van der Waals surface area contributed by atoms with Gasteiger partial charge in [-0.15, -0.1) is 0 Å². The van der Waals surface area contributed by atoms with E-state index in [1.165, 1.54) is 13.4 Å². The number of rotatable bonds is 2. The smallest absolute Gasteiger partial charge is 0.231 e.